The molecule has 156 valence electrons. The molecule has 0 aliphatic carbocycles. The largest absolute Gasteiger partial charge is 0.489 e. The summed E-state index contributed by atoms with van der Waals surface area (Å²) in [5.74, 6) is 1.45. The molecule has 0 bridgehead atoms. The molecule has 4 rings (SSSR count). The van der Waals surface area contributed by atoms with Crippen LogP contribution in [0.25, 0.3) is 16.8 Å². The lowest BCUT2D eigenvalue weighted by Gasteiger charge is -2.18. The van der Waals surface area contributed by atoms with Crippen molar-refractivity contribution in [3.63, 3.8) is 0 Å². The molecule has 0 amide bonds. The molecule has 0 radical (unpaired) electrons. The lowest BCUT2D eigenvalue weighted by molar-refractivity contribution is 0.0685. The average molecular weight is 407 g/mol. The highest BCUT2D eigenvalue weighted by molar-refractivity contribution is 5.74. The van der Waals surface area contributed by atoms with Gasteiger partial charge in [0, 0.05) is 13.7 Å². The van der Waals surface area contributed by atoms with Crippen molar-refractivity contribution in [1.29, 1.82) is 0 Å². The van der Waals surface area contributed by atoms with E-state index in [1.54, 1.807) is 4.68 Å². The van der Waals surface area contributed by atoms with Crippen molar-refractivity contribution in [3.8, 4) is 11.4 Å². The second-order valence-electron chi connectivity index (χ2n) is 6.83. The Kier molecular flexibility index (Phi) is 5.94. The summed E-state index contributed by atoms with van der Waals surface area (Å²) in [4.78, 5) is 10.8. The number of para-hydroxylation sites is 4. The van der Waals surface area contributed by atoms with Gasteiger partial charge in [-0.1, -0.05) is 24.3 Å². The van der Waals surface area contributed by atoms with Crippen molar-refractivity contribution >= 4 is 17.1 Å². The third kappa shape index (κ3) is 4.13. The molecule has 2 heterocycles. The Labute approximate surface area is 175 Å². The number of ether oxygens (including phenoxy) is 2. The van der Waals surface area contributed by atoms with Gasteiger partial charge >= 0.3 is 0 Å². The van der Waals surface area contributed by atoms with Crippen LogP contribution in [0.4, 0.5) is 6.01 Å². The fourth-order valence-electron chi connectivity index (χ4n) is 3.20. The smallest absolute Gasteiger partial charge is 0.298 e. The number of oxazole rings is 1. The van der Waals surface area contributed by atoms with Gasteiger partial charge in [0.25, 0.3) is 6.01 Å². The van der Waals surface area contributed by atoms with E-state index in [0.29, 0.717) is 25.8 Å². The number of rotatable bonds is 9. The van der Waals surface area contributed by atoms with Crippen LogP contribution in [-0.2, 0) is 4.74 Å². The van der Waals surface area contributed by atoms with Gasteiger partial charge in [-0.3, -0.25) is 0 Å². The summed E-state index contributed by atoms with van der Waals surface area (Å²) < 4.78 is 19.3. The number of likely N-dealkylation sites (N-methyl/N-ethyl adjacent to an activating group) is 1. The highest BCUT2D eigenvalue weighted by Crippen LogP contribution is 2.26. The Hall–Kier alpha value is -3.39. The van der Waals surface area contributed by atoms with Crippen molar-refractivity contribution < 1.29 is 13.9 Å². The van der Waals surface area contributed by atoms with Crippen molar-refractivity contribution in [1.82, 2.24) is 19.7 Å². The summed E-state index contributed by atoms with van der Waals surface area (Å²) in [6, 6.07) is 16.0. The van der Waals surface area contributed by atoms with Crippen LogP contribution in [0.15, 0.2) is 59.3 Å². The predicted molar refractivity (Wildman–Crippen MR) is 114 cm³/mol. The van der Waals surface area contributed by atoms with E-state index in [1.165, 1.54) is 6.33 Å². The van der Waals surface area contributed by atoms with Crippen LogP contribution in [-0.4, -0.2) is 46.6 Å². The van der Waals surface area contributed by atoms with E-state index in [1.807, 2.05) is 74.3 Å². The first-order chi connectivity index (χ1) is 14.7. The quantitative estimate of drug-likeness (QED) is 0.415. The standard InChI is InChI=1S/C22H25N5O3/c1-4-28-16(2)21-23-15-24-27(21)18-10-6-8-12-20(18)29-14-13-26(3)22-25-17-9-5-7-11-19(17)30-22/h5-12,15-16H,4,13-14H2,1-3H3. The molecule has 0 saturated carbocycles. The van der Waals surface area contributed by atoms with Gasteiger partial charge in [-0.2, -0.15) is 10.1 Å². The molecule has 1 atom stereocenters. The minimum atomic E-state index is -0.171. The van der Waals surface area contributed by atoms with Gasteiger partial charge in [0.05, 0.1) is 6.54 Å². The first kappa shape index (κ1) is 19.9. The number of benzene rings is 2. The fourth-order valence-corrected chi connectivity index (χ4v) is 3.20. The van der Waals surface area contributed by atoms with Crippen molar-refractivity contribution in [2.45, 2.75) is 20.0 Å². The first-order valence-electron chi connectivity index (χ1n) is 9.97. The summed E-state index contributed by atoms with van der Waals surface area (Å²) in [7, 11) is 1.93. The zero-order valence-electron chi connectivity index (χ0n) is 17.4. The zero-order chi connectivity index (χ0) is 20.9. The molecule has 8 nitrogen and oxygen atoms in total. The average Bonchev–Trinajstić information content (AvgIpc) is 3.41. The van der Waals surface area contributed by atoms with Gasteiger partial charge in [0.2, 0.25) is 0 Å². The summed E-state index contributed by atoms with van der Waals surface area (Å²) in [6.07, 6.45) is 1.36. The lowest BCUT2D eigenvalue weighted by atomic mass is 10.2. The monoisotopic (exact) mass is 407 g/mol. The number of anilines is 1. The van der Waals surface area contributed by atoms with Crippen LogP contribution >= 0.6 is 0 Å². The fraction of sp³-hybridized carbons (Fsp3) is 0.318. The molecule has 0 N–H and O–H groups in total. The maximum atomic E-state index is 6.08. The topological polar surface area (TPSA) is 78.4 Å². The molecule has 0 spiro atoms. The van der Waals surface area contributed by atoms with Gasteiger partial charge in [-0.05, 0) is 38.1 Å². The molecule has 0 saturated heterocycles. The second-order valence-corrected chi connectivity index (χ2v) is 6.83. The van der Waals surface area contributed by atoms with Crippen LogP contribution in [0.3, 0.4) is 0 Å². The Bertz CT molecular complexity index is 1070. The Balaban J connectivity index is 1.45. The number of nitrogens with zero attached hydrogens (tertiary/aromatic N) is 5. The molecule has 30 heavy (non-hydrogen) atoms. The van der Waals surface area contributed by atoms with E-state index in [2.05, 4.69) is 15.1 Å². The number of fused-ring (bicyclic) bond motifs is 1. The SMILES string of the molecule is CCOC(C)c1ncnn1-c1ccccc1OCCN(C)c1nc2ccccc2o1. The first-order valence-corrected chi connectivity index (χ1v) is 9.97. The molecule has 0 aliphatic rings. The Morgan fingerprint density at radius 2 is 1.93 bits per heavy atom. The van der Waals surface area contributed by atoms with Crippen LogP contribution in [0.1, 0.15) is 25.8 Å². The molecule has 0 fully saturated rings. The van der Waals surface area contributed by atoms with Crippen molar-refractivity contribution in [2.24, 2.45) is 0 Å². The Morgan fingerprint density at radius 1 is 1.13 bits per heavy atom. The molecule has 2 aromatic carbocycles. The summed E-state index contributed by atoms with van der Waals surface area (Å²) in [6.45, 7) is 5.59. The number of hydrogen-bond acceptors (Lipinski definition) is 7. The second kappa shape index (κ2) is 8.96. The highest BCUT2D eigenvalue weighted by atomic mass is 16.5. The minimum Gasteiger partial charge on any atom is -0.489 e. The maximum Gasteiger partial charge on any atom is 0.298 e. The van der Waals surface area contributed by atoms with E-state index in [9.17, 15) is 0 Å². The van der Waals surface area contributed by atoms with E-state index < -0.39 is 0 Å². The van der Waals surface area contributed by atoms with Gasteiger partial charge in [0.15, 0.2) is 11.4 Å². The molecular weight excluding hydrogens is 382 g/mol. The van der Waals surface area contributed by atoms with Crippen LogP contribution in [0.5, 0.6) is 5.75 Å². The molecule has 8 heteroatoms. The van der Waals surface area contributed by atoms with Crippen molar-refractivity contribution in [3.05, 3.63) is 60.7 Å². The molecule has 0 aliphatic heterocycles. The van der Waals surface area contributed by atoms with Gasteiger partial charge in [-0.25, -0.2) is 9.67 Å². The summed E-state index contributed by atoms with van der Waals surface area (Å²) in [5, 5.41) is 4.38. The van der Waals surface area contributed by atoms with Gasteiger partial charge in [-0.15, -0.1) is 0 Å². The van der Waals surface area contributed by atoms with E-state index >= 15 is 0 Å². The third-order valence-electron chi connectivity index (χ3n) is 4.74. The maximum absolute atomic E-state index is 6.08. The van der Waals surface area contributed by atoms with Crippen LogP contribution < -0.4 is 9.64 Å². The Morgan fingerprint density at radius 3 is 2.77 bits per heavy atom. The zero-order valence-corrected chi connectivity index (χ0v) is 17.4. The van der Waals surface area contributed by atoms with Gasteiger partial charge in [0.1, 0.15) is 36.0 Å². The number of aromatic nitrogens is 4. The third-order valence-corrected chi connectivity index (χ3v) is 4.74. The van der Waals surface area contributed by atoms with Crippen LogP contribution in [0, 0.1) is 0 Å². The normalized spacial score (nSPS) is 12.2. The molecule has 1 unspecified atom stereocenters. The van der Waals surface area contributed by atoms with Crippen molar-refractivity contribution in [2.75, 3.05) is 31.7 Å². The highest BCUT2D eigenvalue weighted by Gasteiger charge is 2.17. The summed E-state index contributed by atoms with van der Waals surface area (Å²) in [5.41, 5.74) is 2.43. The van der Waals surface area contributed by atoms with E-state index in [4.69, 9.17) is 13.9 Å². The predicted octanol–water partition coefficient (Wildman–Crippen LogP) is 4.02. The molecular formula is C22H25N5O3. The number of hydrogen-bond donors (Lipinski definition) is 0. The molecule has 4 aromatic rings. The van der Waals surface area contributed by atoms with Crippen LogP contribution in [0.2, 0.25) is 0 Å². The van der Waals surface area contributed by atoms with E-state index in [-0.39, 0.29) is 6.10 Å². The summed E-state index contributed by atoms with van der Waals surface area (Å²) >= 11 is 0. The molecule has 2 aromatic heterocycles. The van der Waals surface area contributed by atoms with E-state index in [0.717, 1.165) is 28.4 Å². The van der Waals surface area contributed by atoms with Gasteiger partial charge < -0.3 is 18.8 Å². The lowest BCUT2D eigenvalue weighted by Crippen LogP contribution is -2.24. The minimum absolute atomic E-state index is 0.171.